The quantitative estimate of drug-likeness (QED) is 0.788. The molecule has 1 unspecified atom stereocenters. The van der Waals surface area contributed by atoms with Gasteiger partial charge in [0.15, 0.2) is 5.82 Å². The zero-order valence-corrected chi connectivity index (χ0v) is 11.0. The van der Waals surface area contributed by atoms with E-state index in [0.717, 1.165) is 11.3 Å². The molecule has 0 saturated heterocycles. The fraction of sp³-hybridized carbons (Fsp3) is 0.583. The van der Waals surface area contributed by atoms with E-state index in [0.29, 0.717) is 18.0 Å². The van der Waals surface area contributed by atoms with Gasteiger partial charge < -0.3 is 9.64 Å². The SMILES string of the molecule is COCC(C)N(C)c1nnc(C)c(C)c1C#N. The van der Waals surface area contributed by atoms with Gasteiger partial charge in [-0.2, -0.15) is 10.4 Å². The van der Waals surface area contributed by atoms with E-state index < -0.39 is 0 Å². The number of anilines is 1. The molecule has 1 aromatic rings. The number of methoxy groups -OCH3 is 1. The van der Waals surface area contributed by atoms with Crippen molar-refractivity contribution < 1.29 is 4.74 Å². The van der Waals surface area contributed by atoms with E-state index in [4.69, 9.17) is 4.74 Å². The van der Waals surface area contributed by atoms with Gasteiger partial charge in [-0.3, -0.25) is 0 Å². The molecule has 17 heavy (non-hydrogen) atoms. The second-order valence-electron chi connectivity index (χ2n) is 4.14. The van der Waals surface area contributed by atoms with Crippen LogP contribution in [0.2, 0.25) is 0 Å². The number of hydrogen-bond donors (Lipinski definition) is 0. The van der Waals surface area contributed by atoms with E-state index >= 15 is 0 Å². The normalized spacial score (nSPS) is 12.0. The van der Waals surface area contributed by atoms with Crippen molar-refractivity contribution in [1.29, 1.82) is 5.26 Å². The number of nitriles is 1. The number of aryl methyl sites for hydroxylation is 1. The Morgan fingerprint density at radius 2 is 2.06 bits per heavy atom. The molecule has 0 aliphatic carbocycles. The van der Waals surface area contributed by atoms with Gasteiger partial charge in [0.25, 0.3) is 0 Å². The summed E-state index contributed by atoms with van der Waals surface area (Å²) in [5.41, 5.74) is 2.26. The Labute approximate surface area is 102 Å². The van der Waals surface area contributed by atoms with Crippen LogP contribution in [0.1, 0.15) is 23.7 Å². The summed E-state index contributed by atoms with van der Waals surface area (Å²) < 4.78 is 5.10. The molecule has 0 radical (unpaired) electrons. The summed E-state index contributed by atoms with van der Waals surface area (Å²) >= 11 is 0. The maximum Gasteiger partial charge on any atom is 0.169 e. The number of likely N-dealkylation sites (N-methyl/N-ethyl adjacent to an activating group) is 1. The molecule has 1 aromatic heterocycles. The van der Waals surface area contributed by atoms with E-state index in [2.05, 4.69) is 16.3 Å². The molecule has 0 amide bonds. The third-order valence-corrected chi connectivity index (χ3v) is 2.95. The molecule has 92 valence electrons. The maximum atomic E-state index is 9.21. The van der Waals surface area contributed by atoms with Gasteiger partial charge in [0.05, 0.1) is 18.3 Å². The summed E-state index contributed by atoms with van der Waals surface area (Å²) in [5, 5.41) is 17.4. The molecule has 0 bridgehead atoms. The molecule has 1 atom stereocenters. The van der Waals surface area contributed by atoms with Crippen molar-refractivity contribution in [3.63, 3.8) is 0 Å². The molecular formula is C12H18N4O. The lowest BCUT2D eigenvalue weighted by molar-refractivity contribution is 0.183. The molecule has 0 aromatic carbocycles. The Morgan fingerprint density at radius 1 is 1.41 bits per heavy atom. The standard InChI is InChI=1S/C12H18N4O/c1-8(7-17-5)16(4)12-11(6-13)9(2)10(3)14-15-12/h8H,7H2,1-5H3. The zero-order valence-electron chi connectivity index (χ0n) is 11.0. The van der Waals surface area contributed by atoms with Gasteiger partial charge in [-0.15, -0.1) is 5.10 Å². The molecule has 0 fully saturated rings. The van der Waals surface area contributed by atoms with Crippen molar-refractivity contribution in [1.82, 2.24) is 10.2 Å². The lowest BCUT2D eigenvalue weighted by Gasteiger charge is -2.26. The highest BCUT2D eigenvalue weighted by atomic mass is 16.5. The predicted octanol–water partition coefficient (Wildman–Crippen LogP) is 1.44. The van der Waals surface area contributed by atoms with Gasteiger partial charge in [0.2, 0.25) is 0 Å². The van der Waals surface area contributed by atoms with Crippen LogP contribution in [0.25, 0.3) is 0 Å². The molecular weight excluding hydrogens is 216 g/mol. The van der Waals surface area contributed by atoms with Crippen molar-refractivity contribution in [2.45, 2.75) is 26.8 Å². The third kappa shape index (κ3) is 2.71. The summed E-state index contributed by atoms with van der Waals surface area (Å²) in [5.74, 6) is 0.611. The summed E-state index contributed by atoms with van der Waals surface area (Å²) in [6.07, 6.45) is 0. The Hall–Kier alpha value is -1.67. The third-order valence-electron chi connectivity index (χ3n) is 2.95. The lowest BCUT2D eigenvalue weighted by Crippen LogP contribution is -2.34. The van der Waals surface area contributed by atoms with Gasteiger partial charge in [0, 0.05) is 14.2 Å². The number of nitrogens with zero attached hydrogens (tertiary/aromatic N) is 4. The molecule has 1 heterocycles. The molecule has 0 spiro atoms. The first-order valence-electron chi connectivity index (χ1n) is 5.48. The predicted molar refractivity (Wildman–Crippen MR) is 66.0 cm³/mol. The van der Waals surface area contributed by atoms with Gasteiger partial charge in [-0.05, 0) is 26.3 Å². The first-order chi connectivity index (χ1) is 8.02. The summed E-state index contributed by atoms with van der Waals surface area (Å²) in [6.45, 7) is 6.34. The largest absolute Gasteiger partial charge is 0.383 e. The van der Waals surface area contributed by atoms with Crippen LogP contribution in [0.15, 0.2) is 0 Å². The molecule has 5 nitrogen and oxygen atoms in total. The summed E-state index contributed by atoms with van der Waals surface area (Å²) in [7, 11) is 3.55. The minimum atomic E-state index is 0.142. The van der Waals surface area contributed by atoms with E-state index in [1.807, 2.05) is 32.7 Å². The fourth-order valence-electron chi connectivity index (χ4n) is 1.54. The minimum absolute atomic E-state index is 0.142. The number of aromatic nitrogens is 2. The Kier molecular flexibility index (Phi) is 4.41. The second-order valence-corrected chi connectivity index (χ2v) is 4.14. The molecule has 1 rings (SSSR count). The van der Waals surface area contributed by atoms with Crippen molar-refractivity contribution in [3.05, 3.63) is 16.8 Å². The Morgan fingerprint density at radius 3 is 2.59 bits per heavy atom. The highest BCUT2D eigenvalue weighted by Crippen LogP contribution is 2.21. The van der Waals surface area contributed by atoms with Crippen LogP contribution in [0.3, 0.4) is 0 Å². The van der Waals surface area contributed by atoms with Gasteiger partial charge in [-0.1, -0.05) is 0 Å². The molecule has 0 aliphatic heterocycles. The first kappa shape index (κ1) is 13.4. The average Bonchev–Trinajstić information content (AvgIpc) is 2.31. The average molecular weight is 234 g/mol. The van der Waals surface area contributed by atoms with Crippen LogP contribution in [0.5, 0.6) is 0 Å². The monoisotopic (exact) mass is 234 g/mol. The van der Waals surface area contributed by atoms with Crippen LogP contribution in [0.4, 0.5) is 5.82 Å². The van der Waals surface area contributed by atoms with Crippen molar-refractivity contribution >= 4 is 5.82 Å². The van der Waals surface area contributed by atoms with E-state index in [1.54, 1.807) is 7.11 Å². The lowest BCUT2D eigenvalue weighted by atomic mass is 10.1. The Balaban J connectivity index is 3.15. The minimum Gasteiger partial charge on any atom is -0.383 e. The molecule has 5 heteroatoms. The first-order valence-corrected chi connectivity index (χ1v) is 5.48. The number of hydrogen-bond acceptors (Lipinski definition) is 5. The number of rotatable bonds is 4. The van der Waals surface area contributed by atoms with Gasteiger partial charge in [-0.25, -0.2) is 0 Å². The van der Waals surface area contributed by atoms with E-state index in [1.165, 1.54) is 0 Å². The van der Waals surface area contributed by atoms with Crippen LogP contribution >= 0.6 is 0 Å². The van der Waals surface area contributed by atoms with Crippen LogP contribution in [-0.4, -0.2) is 37.0 Å². The molecule has 0 saturated carbocycles. The van der Waals surface area contributed by atoms with Crippen molar-refractivity contribution in [3.8, 4) is 6.07 Å². The smallest absolute Gasteiger partial charge is 0.169 e. The summed E-state index contributed by atoms with van der Waals surface area (Å²) in [4.78, 5) is 1.92. The van der Waals surface area contributed by atoms with E-state index in [-0.39, 0.29) is 6.04 Å². The topological polar surface area (TPSA) is 62.0 Å². The Bertz CT molecular complexity index is 439. The fourth-order valence-corrected chi connectivity index (χ4v) is 1.54. The summed E-state index contributed by atoms with van der Waals surface area (Å²) in [6, 6.07) is 2.34. The second kappa shape index (κ2) is 5.60. The van der Waals surface area contributed by atoms with Gasteiger partial charge >= 0.3 is 0 Å². The van der Waals surface area contributed by atoms with Crippen molar-refractivity contribution in [2.24, 2.45) is 0 Å². The van der Waals surface area contributed by atoms with Crippen molar-refractivity contribution in [2.75, 3.05) is 25.7 Å². The van der Waals surface area contributed by atoms with Crippen LogP contribution < -0.4 is 4.90 Å². The highest BCUT2D eigenvalue weighted by molar-refractivity contribution is 5.57. The van der Waals surface area contributed by atoms with E-state index in [9.17, 15) is 5.26 Å². The molecule has 0 aliphatic rings. The molecule has 0 N–H and O–H groups in total. The van der Waals surface area contributed by atoms with Crippen LogP contribution in [-0.2, 0) is 4.74 Å². The highest BCUT2D eigenvalue weighted by Gasteiger charge is 2.18. The maximum absolute atomic E-state index is 9.21. The van der Waals surface area contributed by atoms with Crippen LogP contribution in [0, 0.1) is 25.2 Å². The zero-order chi connectivity index (χ0) is 13.0. The number of ether oxygens (including phenoxy) is 1. The van der Waals surface area contributed by atoms with Gasteiger partial charge in [0.1, 0.15) is 11.6 Å².